The number of ether oxygens (including phenoxy) is 1. The summed E-state index contributed by atoms with van der Waals surface area (Å²) in [5.74, 6) is -1.19. The van der Waals surface area contributed by atoms with Crippen LogP contribution >= 0.6 is 0 Å². The summed E-state index contributed by atoms with van der Waals surface area (Å²) >= 11 is 0. The van der Waals surface area contributed by atoms with E-state index in [1.54, 1.807) is 7.05 Å². The molecule has 94 valence electrons. The average Bonchev–Trinajstić information content (AvgIpc) is 2.17. The zero-order valence-electron chi connectivity index (χ0n) is 9.98. The van der Waals surface area contributed by atoms with E-state index in [-0.39, 0.29) is 12.6 Å². The predicted molar refractivity (Wildman–Crippen MR) is 59.3 cm³/mol. The summed E-state index contributed by atoms with van der Waals surface area (Å²) in [6, 6.07) is 0. The number of hydrogen-bond donors (Lipinski definition) is 2. The minimum absolute atomic E-state index is 0.113. The molecule has 1 heterocycles. The summed E-state index contributed by atoms with van der Waals surface area (Å²) in [5.41, 5.74) is -1.69. The third kappa shape index (κ3) is 4.08. The van der Waals surface area contributed by atoms with Gasteiger partial charge in [-0.3, -0.25) is 0 Å². The molecule has 1 saturated heterocycles. The maximum Gasteiger partial charge on any atom is 0.336 e. The second-order valence-corrected chi connectivity index (χ2v) is 4.76. The molecule has 0 bridgehead atoms. The molecule has 0 aromatic heterocycles. The fourth-order valence-corrected chi connectivity index (χ4v) is 1.96. The van der Waals surface area contributed by atoms with Gasteiger partial charge in [0, 0.05) is 19.7 Å². The van der Waals surface area contributed by atoms with Crippen molar-refractivity contribution in [3.63, 3.8) is 0 Å². The molecule has 0 saturated carbocycles. The first-order valence-corrected chi connectivity index (χ1v) is 5.68. The highest BCUT2D eigenvalue weighted by atomic mass is 16.5. The Labute approximate surface area is 96.0 Å². The van der Waals surface area contributed by atoms with Crippen LogP contribution < -0.4 is 0 Å². The Kier molecular flexibility index (Phi) is 4.70. The zero-order valence-corrected chi connectivity index (χ0v) is 9.98. The van der Waals surface area contributed by atoms with Gasteiger partial charge in [0.25, 0.3) is 0 Å². The topological polar surface area (TPSA) is 70.0 Å². The maximum absolute atomic E-state index is 10.7. The van der Waals surface area contributed by atoms with Gasteiger partial charge in [-0.1, -0.05) is 0 Å². The number of carbonyl (C=O) groups is 1. The van der Waals surface area contributed by atoms with Gasteiger partial charge in [-0.25, -0.2) is 4.79 Å². The number of carboxylic acid groups (broad SMARTS) is 1. The molecule has 2 unspecified atom stereocenters. The lowest BCUT2D eigenvalue weighted by molar-refractivity contribution is -0.158. The highest BCUT2D eigenvalue weighted by Crippen LogP contribution is 2.14. The van der Waals surface area contributed by atoms with E-state index in [4.69, 9.17) is 9.84 Å². The Morgan fingerprint density at radius 1 is 1.56 bits per heavy atom. The SMILES string of the molecule is CN(CC1CCCCO1)CC(C)(O)C(=O)O. The Bertz CT molecular complexity index is 236. The van der Waals surface area contributed by atoms with Gasteiger partial charge in [-0.05, 0) is 33.2 Å². The molecule has 1 fully saturated rings. The van der Waals surface area contributed by atoms with E-state index in [1.165, 1.54) is 6.92 Å². The van der Waals surface area contributed by atoms with Gasteiger partial charge in [0.2, 0.25) is 0 Å². The number of likely N-dealkylation sites (N-methyl/N-ethyl adjacent to an activating group) is 1. The first-order valence-electron chi connectivity index (χ1n) is 5.68. The number of nitrogens with zero attached hydrogens (tertiary/aromatic N) is 1. The van der Waals surface area contributed by atoms with Crippen LogP contribution in [0, 0.1) is 0 Å². The fourth-order valence-electron chi connectivity index (χ4n) is 1.96. The molecule has 0 aromatic rings. The molecular formula is C11H21NO4. The van der Waals surface area contributed by atoms with Crippen LogP contribution in [-0.4, -0.2) is 59.5 Å². The summed E-state index contributed by atoms with van der Waals surface area (Å²) in [4.78, 5) is 12.6. The number of carboxylic acids is 1. The smallest absolute Gasteiger partial charge is 0.336 e. The van der Waals surface area contributed by atoms with Crippen LogP contribution in [0.3, 0.4) is 0 Å². The van der Waals surface area contributed by atoms with Crippen LogP contribution in [0.1, 0.15) is 26.2 Å². The molecule has 1 rings (SSSR count). The Morgan fingerprint density at radius 2 is 2.25 bits per heavy atom. The van der Waals surface area contributed by atoms with E-state index in [2.05, 4.69) is 0 Å². The first kappa shape index (κ1) is 13.4. The Balaban J connectivity index is 2.34. The summed E-state index contributed by atoms with van der Waals surface area (Å²) in [6.07, 6.45) is 3.45. The van der Waals surface area contributed by atoms with Gasteiger partial charge in [0.1, 0.15) is 0 Å². The van der Waals surface area contributed by atoms with Crippen LogP contribution in [0.25, 0.3) is 0 Å². The van der Waals surface area contributed by atoms with Gasteiger partial charge >= 0.3 is 5.97 Å². The van der Waals surface area contributed by atoms with Crippen molar-refractivity contribution in [2.24, 2.45) is 0 Å². The van der Waals surface area contributed by atoms with E-state index >= 15 is 0 Å². The second-order valence-electron chi connectivity index (χ2n) is 4.76. The lowest BCUT2D eigenvalue weighted by Crippen LogP contribution is -2.47. The molecule has 5 nitrogen and oxygen atoms in total. The third-order valence-electron chi connectivity index (χ3n) is 2.83. The minimum atomic E-state index is -1.69. The van der Waals surface area contributed by atoms with Crippen LogP contribution in [0.4, 0.5) is 0 Å². The average molecular weight is 231 g/mol. The van der Waals surface area contributed by atoms with E-state index in [0.29, 0.717) is 6.54 Å². The maximum atomic E-state index is 10.7. The lowest BCUT2D eigenvalue weighted by atomic mass is 10.1. The molecule has 16 heavy (non-hydrogen) atoms. The zero-order chi connectivity index (χ0) is 12.2. The monoisotopic (exact) mass is 231 g/mol. The third-order valence-corrected chi connectivity index (χ3v) is 2.83. The van der Waals surface area contributed by atoms with E-state index in [1.807, 2.05) is 4.90 Å². The first-order chi connectivity index (χ1) is 7.42. The number of aliphatic hydroxyl groups is 1. The number of rotatable bonds is 5. The van der Waals surface area contributed by atoms with Gasteiger partial charge in [-0.2, -0.15) is 0 Å². The van der Waals surface area contributed by atoms with Crippen molar-refractivity contribution < 1.29 is 19.7 Å². The molecule has 0 aromatic carbocycles. The van der Waals surface area contributed by atoms with Crippen molar-refractivity contribution in [3.8, 4) is 0 Å². The van der Waals surface area contributed by atoms with Gasteiger partial charge in [-0.15, -0.1) is 0 Å². The predicted octanol–water partition coefficient (Wildman–Crippen LogP) is 0.323. The molecule has 0 spiro atoms. The van der Waals surface area contributed by atoms with Crippen LogP contribution in [0.2, 0.25) is 0 Å². The molecule has 0 radical (unpaired) electrons. The Hall–Kier alpha value is -0.650. The second kappa shape index (κ2) is 5.61. The highest BCUT2D eigenvalue weighted by molar-refractivity contribution is 5.76. The molecule has 0 amide bonds. The molecule has 5 heteroatoms. The van der Waals surface area contributed by atoms with Crippen molar-refractivity contribution in [2.75, 3.05) is 26.7 Å². The minimum Gasteiger partial charge on any atom is -0.479 e. The summed E-state index contributed by atoms with van der Waals surface area (Å²) in [7, 11) is 1.80. The van der Waals surface area contributed by atoms with Gasteiger partial charge in [0.05, 0.1) is 6.10 Å². The van der Waals surface area contributed by atoms with Crippen molar-refractivity contribution in [3.05, 3.63) is 0 Å². The highest BCUT2D eigenvalue weighted by Gasteiger charge is 2.32. The van der Waals surface area contributed by atoms with Crippen molar-refractivity contribution in [1.82, 2.24) is 4.90 Å². The number of hydrogen-bond acceptors (Lipinski definition) is 4. The Morgan fingerprint density at radius 3 is 2.75 bits per heavy atom. The molecule has 1 aliphatic rings. The number of aliphatic carboxylic acids is 1. The molecule has 2 N–H and O–H groups in total. The van der Waals surface area contributed by atoms with Crippen molar-refractivity contribution in [1.29, 1.82) is 0 Å². The summed E-state index contributed by atoms with van der Waals surface area (Å²) in [5, 5.41) is 18.4. The van der Waals surface area contributed by atoms with Crippen LogP contribution in [-0.2, 0) is 9.53 Å². The summed E-state index contributed by atoms with van der Waals surface area (Å²) < 4.78 is 5.55. The van der Waals surface area contributed by atoms with Gasteiger partial charge < -0.3 is 19.8 Å². The normalized spacial score (nSPS) is 25.4. The molecule has 1 aliphatic heterocycles. The lowest BCUT2D eigenvalue weighted by Gasteiger charge is -2.30. The van der Waals surface area contributed by atoms with E-state index in [0.717, 1.165) is 25.9 Å². The molecule has 0 aliphatic carbocycles. The van der Waals surface area contributed by atoms with Crippen LogP contribution in [0.5, 0.6) is 0 Å². The van der Waals surface area contributed by atoms with E-state index in [9.17, 15) is 9.90 Å². The fraction of sp³-hybridized carbons (Fsp3) is 0.909. The van der Waals surface area contributed by atoms with E-state index < -0.39 is 11.6 Å². The quantitative estimate of drug-likeness (QED) is 0.713. The largest absolute Gasteiger partial charge is 0.479 e. The van der Waals surface area contributed by atoms with Crippen molar-refractivity contribution in [2.45, 2.75) is 37.9 Å². The van der Waals surface area contributed by atoms with Crippen LogP contribution in [0.15, 0.2) is 0 Å². The summed E-state index contributed by atoms with van der Waals surface area (Å²) in [6.45, 7) is 2.88. The van der Waals surface area contributed by atoms with Crippen molar-refractivity contribution >= 4 is 5.97 Å². The standard InChI is InChI=1S/C11H21NO4/c1-11(15,10(13)14)8-12(2)7-9-5-3-4-6-16-9/h9,15H,3-8H2,1-2H3,(H,13,14). The molecule has 2 atom stereocenters. The molecular weight excluding hydrogens is 210 g/mol. The van der Waals surface area contributed by atoms with Gasteiger partial charge in [0.15, 0.2) is 5.60 Å².